The van der Waals surface area contributed by atoms with E-state index in [2.05, 4.69) is 10.6 Å². The van der Waals surface area contributed by atoms with Crippen LogP contribution in [-0.4, -0.2) is 181 Å². The molecule has 5 rings (SSSR count). The number of nitrogens with zero attached hydrogens (tertiary/aromatic N) is 4. The van der Waals surface area contributed by atoms with Gasteiger partial charge in [0.05, 0.1) is 76.0 Å². The van der Waals surface area contributed by atoms with Gasteiger partial charge in [-0.3, -0.25) is 38.5 Å². The van der Waals surface area contributed by atoms with Crippen molar-refractivity contribution < 1.29 is 62.4 Å². The van der Waals surface area contributed by atoms with Crippen LogP contribution in [0.25, 0.3) is 0 Å². The Kier molecular flexibility index (Phi) is 20.9. The highest BCUT2D eigenvalue weighted by Gasteiger charge is 2.52. The zero-order valence-corrected chi connectivity index (χ0v) is 42.2. The molecular formula is C51H76N6O13. The summed E-state index contributed by atoms with van der Waals surface area (Å²) in [4.78, 5) is 112. The first kappa shape index (κ1) is 55.7. The number of carboxylic acids is 1. The number of fused-ring (bicyclic) bond motifs is 2. The van der Waals surface area contributed by atoms with Gasteiger partial charge in [0.2, 0.25) is 29.5 Å². The number of rotatable bonds is 28. The topological polar surface area (TPSA) is 231 Å². The number of carbonyl (C=O) groups is 8. The van der Waals surface area contributed by atoms with Crippen LogP contribution in [0.2, 0.25) is 0 Å². The molecule has 2 bridgehead atoms. The van der Waals surface area contributed by atoms with Gasteiger partial charge in [-0.25, -0.2) is 4.79 Å². The monoisotopic (exact) mass is 981 g/mol. The second-order valence-corrected chi connectivity index (χ2v) is 19.5. The summed E-state index contributed by atoms with van der Waals surface area (Å²) < 4.78 is 23.1. The maximum Gasteiger partial charge on any atom is 0.326 e. The summed E-state index contributed by atoms with van der Waals surface area (Å²) in [6.45, 7) is 10.6. The number of nitrogens with one attached hydrogen (secondary N) is 2. The maximum atomic E-state index is 14.7. The Morgan fingerprint density at radius 3 is 2.14 bits per heavy atom. The lowest BCUT2D eigenvalue weighted by Gasteiger charge is -2.41. The van der Waals surface area contributed by atoms with Gasteiger partial charge in [-0.2, -0.15) is 0 Å². The Morgan fingerprint density at radius 1 is 0.857 bits per heavy atom. The van der Waals surface area contributed by atoms with Gasteiger partial charge in [0, 0.05) is 52.4 Å². The van der Waals surface area contributed by atoms with Crippen molar-refractivity contribution in [3.05, 3.63) is 48.0 Å². The lowest BCUT2D eigenvalue weighted by molar-refractivity contribution is -0.149. The summed E-state index contributed by atoms with van der Waals surface area (Å²) in [5, 5.41) is 15.7. The number of likely N-dealkylation sites (N-methyl/N-ethyl adjacent to an activating group) is 1. The minimum atomic E-state index is -1.16. The van der Waals surface area contributed by atoms with Gasteiger partial charge in [-0.1, -0.05) is 71.4 Å². The molecule has 4 aliphatic rings. The molecule has 19 heteroatoms. The van der Waals surface area contributed by atoms with Crippen LogP contribution in [-0.2, 0) is 63.7 Å². The van der Waals surface area contributed by atoms with Crippen molar-refractivity contribution in [2.75, 3.05) is 60.8 Å². The summed E-state index contributed by atoms with van der Waals surface area (Å²) in [5.41, 5.74) is 0.764. The number of carbonyl (C=O) groups excluding carboxylic acids is 7. The molecule has 19 nitrogen and oxygen atoms in total. The summed E-state index contributed by atoms with van der Waals surface area (Å²) in [7, 11) is 4.66. The van der Waals surface area contributed by atoms with Crippen molar-refractivity contribution in [2.45, 2.75) is 141 Å². The van der Waals surface area contributed by atoms with Gasteiger partial charge < -0.3 is 49.4 Å². The van der Waals surface area contributed by atoms with Crippen molar-refractivity contribution in [2.24, 2.45) is 23.7 Å². The normalized spacial score (nSPS) is 22.7. The number of piperidine rings is 1. The maximum absolute atomic E-state index is 14.7. The van der Waals surface area contributed by atoms with Crippen LogP contribution in [0.3, 0.4) is 0 Å². The number of imide groups is 1. The molecule has 1 aromatic carbocycles. The van der Waals surface area contributed by atoms with Gasteiger partial charge in [0.1, 0.15) is 18.1 Å². The molecule has 3 aliphatic heterocycles. The molecule has 0 spiro atoms. The van der Waals surface area contributed by atoms with Crippen molar-refractivity contribution >= 4 is 47.3 Å². The summed E-state index contributed by atoms with van der Waals surface area (Å²) in [5.74, 6) is -4.89. The van der Waals surface area contributed by atoms with E-state index in [1.54, 1.807) is 52.9 Å². The van der Waals surface area contributed by atoms with Crippen LogP contribution in [0.4, 0.5) is 0 Å². The first-order chi connectivity index (χ1) is 33.4. The van der Waals surface area contributed by atoms with E-state index in [4.69, 9.17) is 18.9 Å². The van der Waals surface area contributed by atoms with Crippen LogP contribution in [0.1, 0.15) is 91.5 Å². The van der Waals surface area contributed by atoms with Crippen LogP contribution in [0.5, 0.6) is 0 Å². The lowest BCUT2D eigenvalue weighted by Crippen LogP contribution is -2.60. The quantitative estimate of drug-likeness (QED) is 0.0811. The van der Waals surface area contributed by atoms with Crippen molar-refractivity contribution in [3.63, 3.8) is 0 Å². The van der Waals surface area contributed by atoms with Gasteiger partial charge in [0.25, 0.3) is 11.8 Å². The molecule has 2 saturated heterocycles. The molecule has 3 N–H and O–H groups in total. The lowest BCUT2D eigenvalue weighted by atomic mass is 9.89. The summed E-state index contributed by atoms with van der Waals surface area (Å²) in [6, 6.07) is 5.06. The second kappa shape index (κ2) is 26.3. The van der Waals surface area contributed by atoms with Gasteiger partial charge in [-0.15, -0.1) is 0 Å². The first-order valence-corrected chi connectivity index (χ1v) is 24.9. The van der Waals surface area contributed by atoms with E-state index < -0.39 is 60.2 Å². The molecule has 1 aromatic rings. The molecule has 0 unspecified atom stereocenters. The number of likely N-dealkylation sites (tertiary alicyclic amines) is 2. The van der Waals surface area contributed by atoms with E-state index in [0.29, 0.717) is 32.2 Å². The number of carboxylic acid groups (broad SMARTS) is 1. The molecule has 7 amide bonds. The number of hydrogen-bond donors (Lipinski definition) is 3. The Labute approximate surface area is 412 Å². The molecule has 1 aliphatic carbocycles. The zero-order chi connectivity index (χ0) is 51.2. The third-order valence-electron chi connectivity index (χ3n) is 14.7. The molecule has 3 fully saturated rings. The third-order valence-corrected chi connectivity index (χ3v) is 14.7. The third kappa shape index (κ3) is 13.8. The molecule has 0 aromatic heterocycles. The fourth-order valence-corrected chi connectivity index (χ4v) is 10.7. The molecule has 1 saturated carbocycles. The van der Waals surface area contributed by atoms with Crippen LogP contribution in [0, 0.1) is 23.7 Å². The van der Waals surface area contributed by atoms with E-state index in [1.807, 2.05) is 33.8 Å². The summed E-state index contributed by atoms with van der Waals surface area (Å²) in [6.07, 6.45) is 5.21. The van der Waals surface area contributed by atoms with E-state index in [0.717, 1.165) is 23.3 Å². The molecule has 0 radical (unpaired) electrons. The average molecular weight is 981 g/mol. The van der Waals surface area contributed by atoms with Crippen LogP contribution >= 0.6 is 0 Å². The second-order valence-electron chi connectivity index (χ2n) is 19.5. The SMILES string of the molecule is CC[C@H](C)[C@@H]([C@@H](CC(=O)N1CCC[C@H]1[C@H](OC)[C@@H](C)C(=O)N[C@@H](Cc1ccccc1)C(=O)O)OC)N(C)C(=O)[C@@H](NC(=O)[C@@H]1[C@H]2CC[C@H](C2)N1C(=O)CCOCCOCCN1C(=O)C=CC1=O)C(C)C. The standard InChI is InChI=1S/C51H76N6O13/c1-9-32(4)45(39(67-7)30-43(61)55-22-13-16-38(55)47(68-8)33(5)48(62)52-37(51(65)66)28-34-14-11-10-12-15-34)54(6)50(64)44(31(2)3)53-49(63)46-35-17-18-36(29-35)57(46)42(60)21-24-69-26-27-70-25-23-56-40(58)19-20-41(56)59/h10-12,14-15,19-20,31-33,35-39,44-47H,9,13,16-18,21-30H2,1-8H3,(H,52,62)(H,53,63)(H,65,66)/t32-,33+,35-,36+,37-,38-,39+,44-,45-,46-,47+/m0/s1. The minimum Gasteiger partial charge on any atom is -0.480 e. The fraction of sp³-hybridized carbons (Fsp3) is 0.686. The smallest absolute Gasteiger partial charge is 0.326 e. The predicted molar refractivity (Wildman–Crippen MR) is 256 cm³/mol. The number of methoxy groups -OCH3 is 2. The van der Waals surface area contributed by atoms with Crippen molar-refractivity contribution in [3.8, 4) is 0 Å². The number of aliphatic carboxylic acids is 1. The first-order valence-electron chi connectivity index (χ1n) is 24.9. The summed E-state index contributed by atoms with van der Waals surface area (Å²) >= 11 is 0. The van der Waals surface area contributed by atoms with Gasteiger partial charge >= 0.3 is 5.97 Å². The Hall–Kier alpha value is -5.24. The number of hydrogen-bond acceptors (Lipinski definition) is 12. The van der Waals surface area contributed by atoms with Gasteiger partial charge in [0.15, 0.2) is 0 Å². The highest BCUT2D eigenvalue weighted by molar-refractivity contribution is 6.12. The van der Waals surface area contributed by atoms with Crippen molar-refractivity contribution in [1.29, 1.82) is 0 Å². The molecule has 11 atom stereocenters. The Balaban J connectivity index is 1.18. The number of ether oxygens (including phenoxy) is 4. The van der Waals surface area contributed by atoms with Crippen LogP contribution < -0.4 is 10.6 Å². The van der Waals surface area contributed by atoms with Gasteiger partial charge in [-0.05, 0) is 55.4 Å². The molecular weight excluding hydrogens is 905 g/mol. The molecule has 388 valence electrons. The Bertz CT molecular complexity index is 2000. The van der Waals surface area contributed by atoms with E-state index >= 15 is 0 Å². The zero-order valence-electron chi connectivity index (χ0n) is 42.2. The number of amides is 7. The molecule has 3 heterocycles. The minimum absolute atomic E-state index is 0.0454. The fourth-order valence-electron chi connectivity index (χ4n) is 10.7. The average Bonchev–Trinajstić information content (AvgIpc) is 4.17. The van der Waals surface area contributed by atoms with E-state index in [-0.39, 0.29) is 111 Å². The number of benzene rings is 1. The highest BCUT2D eigenvalue weighted by Crippen LogP contribution is 2.43. The molecule has 70 heavy (non-hydrogen) atoms. The van der Waals surface area contributed by atoms with E-state index in [9.17, 15) is 43.5 Å². The van der Waals surface area contributed by atoms with E-state index in [1.165, 1.54) is 26.4 Å². The van der Waals surface area contributed by atoms with Crippen molar-refractivity contribution in [1.82, 2.24) is 30.2 Å². The van der Waals surface area contributed by atoms with Crippen LogP contribution in [0.15, 0.2) is 42.5 Å². The largest absolute Gasteiger partial charge is 0.480 e. The predicted octanol–water partition coefficient (Wildman–Crippen LogP) is 2.59. The highest BCUT2D eigenvalue weighted by atomic mass is 16.5. The Morgan fingerprint density at radius 2 is 1.53 bits per heavy atom.